The van der Waals surface area contributed by atoms with Crippen LogP contribution in [-0.4, -0.2) is 29.9 Å². The second-order valence-corrected chi connectivity index (χ2v) is 6.17. The Morgan fingerprint density at radius 2 is 2.04 bits per heavy atom. The fourth-order valence-corrected chi connectivity index (χ4v) is 2.83. The lowest BCUT2D eigenvalue weighted by Gasteiger charge is -2.23. The van der Waals surface area contributed by atoms with E-state index in [9.17, 15) is 9.18 Å². The number of rotatable bonds is 5. The van der Waals surface area contributed by atoms with Crippen LogP contribution in [0.5, 0.6) is 0 Å². The number of hydrogen-bond acceptors (Lipinski definition) is 4. The molecule has 1 N–H and O–H groups in total. The summed E-state index contributed by atoms with van der Waals surface area (Å²) in [6.07, 6.45) is 0. The number of amides is 1. The zero-order chi connectivity index (χ0) is 18.0. The molecule has 1 aromatic heterocycles. The number of benzene rings is 2. The molecule has 1 atom stereocenters. The molecule has 0 unspecified atom stereocenters. The predicted octanol–water partition coefficient (Wildman–Crippen LogP) is 3.19. The first-order valence-electron chi connectivity index (χ1n) is 8.00. The second-order valence-electron chi connectivity index (χ2n) is 6.17. The number of nitrogens with zero attached hydrogens (tertiary/aromatic N) is 2. The molecule has 3 aromatic rings. The van der Waals surface area contributed by atoms with Crippen molar-refractivity contribution < 1.29 is 13.6 Å². The number of carbonyl (C=O) groups is 1. The molecule has 0 bridgehead atoms. The van der Waals surface area contributed by atoms with Gasteiger partial charge in [0.15, 0.2) is 5.58 Å². The van der Waals surface area contributed by atoms with E-state index in [1.54, 1.807) is 31.1 Å². The SMILES string of the molecule is Cc1cccc2oc(CNC(=O)[C@@H](c3cccc(F)c3)N(C)C)nc12. The minimum absolute atomic E-state index is 0.173. The van der Waals surface area contributed by atoms with Gasteiger partial charge in [-0.2, -0.15) is 0 Å². The summed E-state index contributed by atoms with van der Waals surface area (Å²) in [7, 11) is 3.55. The van der Waals surface area contributed by atoms with Crippen molar-refractivity contribution in [1.82, 2.24) is 15.2 Å². The summed E-state index contributed by atoms with van der Waals surface area (Å²) in [5.74, 6) is -0.171. The zero-order valence-electron chi connectivity index (χ0n) is 14.4. The number of fused-ring (bicyclic) bond motifs is 1. The molecular formula is C19H20FN3O2. The van der Waals surface area contributed by atoms with Crippen LogP contribution in [0.3, 0.4) is 0 Å². The zero-order valence-corrected chi connectivity index (χ0v) is 14.4. The molecule has 0 radical (unpaired) electrons. The van der Waals surface area contributed by atoms with Gasteiger partial charge in [-0.05, 0) is 50.3 Å². The van der Waals surface area contributed by atoms with Crippen LogP contribution in [0.1, 0.15) is 23.1 Å². The van der Waals surface area contributed by atoms with Crippen molar-refractivity contribution in [2.24, 2.45) is 0 Å². The highest BCUT2D eigenvalue weighted by atomic mass is 19.1. The number of carbonyl (C=O) groups excluding carboxylic acids is 1. The van der Waals surface area contributed by atoms with E-state index in [0.29, 0.717) is 17.0 Å². The molecule has 3 rings (SSSR count). The van der Waals surface area contributed by atoms with Crippen LogP contribution in [0.15, 0.2) is 46.9 Å². The number of aryl methyl sites for hydroxylation is 1. The maximum atomic E-state index is 13.5. The van der Waals surface area contributed by atoms with E-state index in [4.69, 9.17) is 4.42 Å². The van der Waals surface area contributed by atoms with Gasteiger partial charge in [-0.25, -0.2) is 9.37 Å². The van der Waals surface area contributed by atoms with Gasteiger partial charge in [-0.1, -0.05) is 24.3 Å². The number of para-hydroxylation sites is 1. The Bertz CT molecular complexity index is 905. The number of aromatic nitrogens is 1. The van der Waals surface area contributed by atoms with Crippen LogP contribution in [0.2, 0.25) is 0 Å². The predicted molar refractivity (Wildman–Crippen MR) is 93.4 cm³/mol. The van der Waals surface area contributed by atoms with Gasteiger partial charge < -0.3 is 9.73 Å². The molecular weight excluding hydrogens is 321 g/mol. The summed E-state index contributed by atoms with van der Waals surface area (Å²) in [6, 6.07) is 11.2. The molecule has 0 saturated carbocycles. The van der Waals surface area contributed by atoms with Gasteiger partial charge in [-0.15, -0.1) is 0 Å². The summed E-state index contributed by atoms with van der Waals surface area (Å²) in [5, 5.41) is 2.82. The molecule has 0 fully saturated rings. The summed E-state index contributed by atoms with van der Waals surface area (Å²) in [5.41, 5.74) is 3.10. The van der Waals surface area contributed by atoms with E-state index in [1.165, 1.54) is 12.1 Å². The monoisotopic (exact) mass is 341 g/mol. The van der Waals surface area contributed by atoms with E-state index in [0.717, 1.165) is 11.1 Å². The first-order chi connectivity index (χ1) is 12.0. The standard InChI is InChI=1S/C19H20FN3O2/c1-12-6-4-9-15-17(12)22-16(25-15)11-21-19(24)18(23(2)3)13-7-5-8-14(20)10-13/h4-10,18H,11H2,1-3H3,(H,21,24)/t18-/m1/s1. The largest absolute Gasteiger partial charge is 0.439 e. The number of nitrogens with one attached hydrogen (secondary N) is 1. The van der Waals surface area contributed by atoms with E-state index in [2.05, 4.69) is 10.3 Å². The first-order valence-corrected chi connectivity index (χ1v) is 8.00. The lowest BCUT2D eigenvalue weighted by atomic mass is 10.1. The molecule has 0 aliphatic rings. The third-order valence-electron chi connectivity index (χ3n) is 4.01. The van der Waals surface area contributed by atoms with Crippen LogP contribution in [-0.2, 0) is 11.3 Å². The molecule has 5 nitrogen and oxygen atoms in total. The average molecular weight is 341 g/mol. The topological polar surface area (TPSA) is 58.4 Å². The Morgan fingerprint density at radius 1 is 1.28 bits per heavy atom. The lowest BCUT2D eigenvalue weighted by molar-refractivity contribution is -0.126. The van der Waals surface area contributed by atoms with Crippen molar-refractivity contribution in [3.05, 3.63) is 65.3 Å². The van der Waals surface area contributed by atoms with Crippen molar-refractivity contribution in [2.75, 3.05) is 14.1 Å². The fourth-order valence-electron chi connectivity index (χ4n) is 2.83. The van der Waals surface area contributed by atoms with Gasteiger partial charge in [0.1, 0.15) is 17.4 Å². The number of likely N-dealkylation sites (N-methyl/N-ethyl adjacent to an activating group) is 1. The molecule has 0 aliphatic heterocycles. The lowest BCUT2D eigenvalue weighted by Crippen LogP contribution is -2.36. The average Bonchev–Trinajstić information content (AvgIpc) is 2.97. The van der Waals surface area contributed by atoms with E-state index in [-0.39, 0.29) is 18.3 Å². The summed E-state index contributed by atoms with van der Waals surface area (Å²) < 4.78 is 19.2. The summed E-state index contributed by atoms with van der Waals surface area (Å²) in [6.45, 7) is 2.13. The molecule has 1 heterocycles. The van der Waals surface area contributed by atoms with Gasteiger partial charge in [0.25, 0.3) is 0 Å². The van der Waals surface area contributed by atoms with Gasteiger partial charge in [0, 0.05) is 0 Å². The molecule has 0 saturated heterocycles. The van der Waals surface area contributed by atoms with Crippen LogP contribution < -0.4 is 5.32 Å². The van der Waals surface area contributed by atoms with E-state index < -0.39 is 6.04 Å². The smallest absolute Gasteiger partial charge is 0.242 e. The molecule has 2 aromatic carbocycles. The highest BCUT2D eigenvalue weighted by molar-refractivity contribution is 5.83. The minimum Gasteiger partial charge on any atom is -0.439 e. The minimum atomic E-state index is -0.596. The first kappa shape index (κ1) is 17.1. The van der Waals surface area contributed by atoms with E-state index in [1.807, 2.05) is 25.1 Å². The third kappa shape index (κ3) is 3.69. The Hall–Kier alpha value is -2.73. The van der Waals surface area contributed by atoms with Crippen molar-refractivity contribution >= 4 is 17.0 Å². The van der Waals surface area contributed by atoms with Crippen LogP contribution >= 0.6 is 0 Å². The maximum Gasteiger partial charge on any atom is 0.242 e. The highest BCUT2D eigenvalue weighted by Crippen LogP contribution is 2.21. The second kappa shape index (κ2) is 7.03. The van der Waals surface area contributed by atoms with Crippen LogP contribution in [0.4, 0.5) is 4.39 Å². The quantitative estimate of drug-likeness (QED) is 0.774. The van der Waals surface area contributed by atoms with Crippen LogP contribution in [0, 0.1) is 12.7 Å². The van der Waals surface area contributed by atoms with Crippen molar-refractivity contribution in [3.8, 4) is 0 Å². The molecule has 25 heavy (non-hydrogen) atoms. The Kier molecular flexibility index (Phi) is 4.81. The van der Waals surface area contributed by atoms with Crippen LogP contribution in [0.25, 0.3) is 11.1 Å². The Balaban J connectivity index is 1.76. The number of oxazole rings is 1. The number of halogens is 1. The van der Waals surface area contributed by atoms with Crippen molar-refractivity contribution in [1.29, 1.82) is 0 Å². The summed E-state index contributed by atoms with van der Waals surface area (Å²) >= 11 is 0. The fraction of sp³-hybridized carbons (Fsp3) is 0.263. The van der Waals surface area contributed by atoms with E-state index >= 15 is 0 Å². The van der Waals surface area contributed by atoms with Gasteiger partial charge in [0.05, 0.1) is 6.54 Å². The third-order valence-corrected chi connectivity index (χ3v) is 4.01. The van der Waals surface area contributed by atoms with Gasteiger partial charge in [-0.3, -0.25) is 9.69 Å². The van der Waals surface area contributed by atoms with Crippen molar-refractivity contribution in [2.45, 2.75) is 19.5 Å². The molecule has 0 aliphatic carbocycles. The molecule has 1 amide bonds. The highest BCUT2D eigenvalue weighted by Gasteiger charge is 2.23. The van der Waals surface area contributed by atoms with Gasteiger partial charge >= 0.3 is 0 Å². The molecule has 130 valence electrons. The maximum absolute atomic E-state index is 13.5. The number of hydrogen-bond donors (Lipinski definition) is 1. The summed E-state index contributed by atoms with van der Waals surface area (Å²) in [4.78, 5) is 18.8. The van der Waals surface area contributed by atoms with Crippen molar-refractivity contribution in [3.63, 3.8) is 0 Å². The molecule has 0 spiro atoms. The molecule has 6 heteroatoms. The Morgan fingerprint density at radius 3 is 2.72 bits per heavy atom. The Labute approximate surface area is 145 Å². The van der Waals surface area contributed by atoms with Gasteiger partial charge in [0.2, 0.25) is 11.8 Å². The normalized spacial score (nSPS) is 12.5.